The van der Waals surface area contributed by atoms with Gasteiger partial charge >= 0.3 is 5.97 Å². The molecule has 0 bridgehead atoms. The van der Waals surface area contributed by atoms with Crippen LogP contribution in [0.3, 0.4) is 0 Å². The van der Waals surface area contributed by atoms with E-state index in [0.29, 0.717) is 0 Å². The third-order valence-electron chi connectivity index (χ3n) is 3.71. The van der Waals surface area contributed by atoms with Crippen LogP contribution in [0, 0.1) is 0 Å². The van der Waals surface area contributed by atoms with Gasteiger partial charge in [-0.05, 0) is 25.2 Å². The lowest BCUT2D eigenvalue weighted by Gasteiger charge is -2.26. The van der Waals surface area contributed by atoms with Gasteiger partial charge in [-0.3, -0.25) is 9.48 Å². The van der Waals surface area contributed by atoms with E-state index in [1.807, 2.05) is 11.7 Å². The Labute approximate surface area is 108 Å². The number of aromatic nitrogens is 2. The molecule has 1 aromatic rings. The zero-order chi connectivity index (χ0) is 13.5. The molecule has 0 fully saturated rings. The highest BCUT2D eigenvalue weighted by atomic mass is 16.4. The van der Waals surface area contributed by atoms with Crippen molar-refractivity contribution in [3.05, 3.63) is 17.0 Å². The molecule has 100 valence electrons. The third kappa shape index (κ3) is 2.28. The van der Waals surface area contributed by atoms with Gasteiger partial charge < -0.3 is 5.11 Å². The second kappa shape index (κ2) is 4.41. The molecule has 0 aliphatic heterocycles. The SMILES string of the molecule is Cn1nc(C(C)(C)C)c2c1CCCC2CC(=O)O. The van der Waals surface area contributed by atoms with Crippen LogP contribution < -0.4 is 0 Å². The lowest BCUT2D eigenvalue weighted by Crippen LogP contribution is -2.20. The predicted molar refractivity (Wildman–Crippen MR) is 69.8 cm³/mol. The number of aryl methyl sites for hydroxylation is 1. The van der Waals surface area contributed by atoms with E-state index < -0.39 is 5.97 Å². The number of carbonyl (C=O) groups is 1. The van der Waals surface area contributed by atoms with Crippen LogP contribution in [0.1, 0.15) is 62.9 Å². The minimum absolute atomic E-state index is 0.0283. The smallest absolute Gasteiger partial charge is 0.303 e. The van der Waals surface area contributed by atoms with Crippen LogP contribution in [-0.4, -0.2) is 20.9 Å². The van der Waals surface area contributed by atoms with E-state index in [-0.39, 0.29) is 17.8 Å². The molecule has 1 heterocycles. The van der Waals surface area contributed by atoms with Gasteiger partial charge in [0.15, 0.2) is 0 Å². The third-order valence-corrected chi connectivity index (χ3v) is 3.71. The molecule has 1 aliphatic rings. The first-order valence-electron chi connectivity index (χ1n) is 6.58. The van der Waals surface area contributed by atoms with Crippen molar-refractivity contribution in [1.29, 1.82) is 0 Å². The molecular formula is C14H22N2O2. The van der Waals surface area contributed by atoms with Crippen LogP contribution in [0.25, 0.3) is 0 Å². The highest BCUT2D eigenvalue weighted by Gasteiger charge is 2.33. The van der Waals surface area contributed by atoms with Crippen LogP contribution in [0.15, 0.2) is 0 Å². The maximum Gasteiger partial charge on any atom is 0.303 e. The molecule has 18 heavy (non-hydrogen) atoms. The summed E-state index contributed by atoms with van der Waals surface area (Å²) in [5.74, 6) is -0.578. The topological polar surface area (TPSA) is 55.1 Å². The van der Waals surface area contributed by atoms with Crippen LogP contribution in [-0.2, 0) is 23.7 Å². The van der Waals surface area contributed by atoms with E-state index in [2.05, 4.69) is 25.9 Å². The summed E-state index contributed by atoms with van der Waals surface area (Å²) in [6.45, 7) is 6.42. The summed E-state index contributed by atoms with van der Waals surface area (Å²) in [5.41, 5.74) is 3.49. The van der Waals surface area contributed by atoms with Crippen molar-refractivity contribution in [3.8, 4) is 0 Å². The van der Waals surface area contributed by atoms with E-state index in [4.69, 9.17) is 5.11 Å². The van der Waals surface area contributed by atoms with Gasteiger partial charge in [-0.15, -0.1) is 0 Å². The summed E-state index contributed by atoms with van der Waals surface area (Å²) < 4.78 is 1.95. The standard InChI is InChI=1S/C14H22N2O2/c1-14(2,3)13-12-9(8-11(17)18)6-5-7-10(12)16(4)15-13/h9H,5-8H2,1-4H3,(H,17,18). The summed E-state index contributed by atoms with van der Waals surface area (Å²) in [6, 6.07) is 0. The average molecular weight is 250 g/mol. The van der Waals surface area contributed by atoms with E-state index in [1.54, 1.807) is 0 Å². The first-order valence-corrected chi connectivity index (χ1v) is 6.58. The maximum atomic E-state index is 11.0. The molecule has 4 nitrogen and oxygen atoms in total. The molecule has 1 N–H and O–H groups in total. The van der Waals surface area contributed by atoms with E-state index in [1.165, 1.54) is 11.3 Å². The Balaban J connectivity index is 2.50. The molecule has 1 unspecified atom stereocenters. The second-order valence-electron chi connectivity index (χ2n) is 6.27. The number of fused-ring (bicyclic) bond motifs is 1. The molecule has 2 rings (SSSR count). The molecule has 4 heteroatoms. The molecule has 0 saturated heterocycles. The van der Waals surface area contributed by atoms with Gasteiger partial charge in [-0.2, -0.15) is 5.10 Å². The minimum atomic E-state index is -0.712. The number of aliphatic carboxylic acids is 1. The monoisotopic (exact) mass is 250 g/mol. The van der Waals surface area contributed by atoms with Gasteiger partial charge in [-0.1, -0.05) is 20.8 Å². The fraction of sp³-hybridized carbons (Fsp3) is 0.714. The fourth-order valence-corrected chi connectivity index (χ4v) is 2.93. The zero-order valence-corrected chi connectivity index (χ0v) is 11.7. The highest BCUT2D eigenvalue weighted by molar-refractivity contribution is 5.68. The molecule has 1 aliphatic carbocycles. The Hall–Kier alpha value is -1.32. The number of hydrogen-bond acceptors (Lipinski definition) is 2. The van der Waals surface area contributed by atoms with Crippen molar-refractivity contribution in [1.82, 2.24) is 9.78 Å². The normalized spacial score (nSPS) is 19.7. The summed E-state index contributed by atoms with van der Waals surface area (Å²) in [5, 5.41) is 13.7. The van der Waals surface area contributed by atoms with Crippen molar-refractivity contribution in [2.45, 2.75) is 57.8 Å². The molecule has 1 aromatic heterocycles. The van der Waals surface area contributed by atoms with Crippen LogP contribution in [0.5, 0.6) is 0 Å². The second-order valence-corrected chi connectivity index (χ2v) is 6.27. The number of hydrogen-bond donors (Lipinski definition) is 1. The van der Waals surface area contributed by atoms with Crippen molar-refractivity contribution < 1.29 is 9.90 Å². The van der Waals surface area contributed by atoms with Gasteiger partial charge in [0.25, 0.3) is 0 Å². The molecular weight excluding hydrogens is 228 g/mol. The minimum Gasteiger partial charge on any atom is -0.481 e. The Kier molecular flexibility index (Phi) is 3.21. The quantitative estimate of drug-likeness (QED) is 0.877. The Bertz CT molecular complexity index is 469. The number of nitrogens with zero attached hydrogens (tertiary/aromatic N) is 2. The molecule has 0 radical (unpaired) electrons. The predicted octanol–water partition coefficient (Wildman–Crippen LogP) is 2.61. The van der Waals surface area contributed by atoms with Crippen LogP contribution >= 0.6 is 0 Å². The van der Waals surface area contributed by atoms with Gasteiger partial charge in [0.1, 0.15) is 0 Å². The van der Waals surface area contributed by atoms with Crippen molar-refractivity contribution >= 4 is 5.97 Å². The number of carboxylic acid groups (broad SMARTS) is 1. The van der Waals surface area contributed by atoms with Gasteiger partial charge in [-0.25, -0.2) is 0 Å². The van der Waals surface area contributed by atoms with E-state index >= 15 is 0 Å². The molecule has 1 atom stereocenters. The lowest BCUT2D eigenvalue weighted by molar-refractivity contribution is -0.137. The summed E-state index contributed by atoms with van der Waals surface area (Å²) >= 11 is 0. The van der Waals surface area contributed by atoms with Gasteiger partial charge in [0.05, 0.1) is 12.1 Å². The molecule has 0 aromatic carbocycles. The maximum absolute atomic E-state index is 11.0. The largest absolute Gasteiger partial charge is 0.481 e. The van der Waals surface area contributed by atoms with Crippen molar-refractivity contribution in [2.75, 3.05) is 0 Å². The Morgan fingerprint density at radius 3 is 2.72 bits per heavy atom. The van der Waals surface area contributed by atoms with Crippen LogP contribution in [0.2, 0.25) is 0 Å². The van der Waals surface area contributed by atoms with Gasteiger partial charge in [0, 0.05) is 23.7 Å². The zero-order valence-electron chi connectivity index (χ0n) is 11.7. The van der Waals surface area contributed by atoms with Crippen LogP contribution in [0.4, 0.5) is 0 Å². The Morgan fingerprint density at radius 1 is 1.50 bits per heavy atom. The highest BCUT2D eigenvalue weighted by Crippen LogP contribution is 2.40. The average Bonchev–Trinajstić information content (AvgIpc) is 2.56. The number of carboxylic acids is 1. The van der Waals surface area contributed by atoms with Crippen molar-refractivity contribution in [2.24, 2.45) is 7.05 Å². The molecule has 0 spiro atoms. The number of rotatable bonds is 2. The molecule has 0 amide bonds. The first kappa shape index (κ1) is 13.1. The molecule has 0 saturated carbocycles. The van der Waals surface area contributed by atoms with E-state index in [9.17, 15) is 4.79 Å². The summed E-state index contributed by atoms with van der Waals surface area (Å²) in [4.78, 5) is 11.0. The fourth-order valence-electron chi connectivity index (χ4n) is 2.93. The summed E-state index contributed by atoms with van der Waals surface area (Å²) in [6.07, 6.45) is 3.27. The first-order chi connectivity index (χ1) is 8.30. The van der Waals surface area contributed by atoms with Gasteiger partial charge in [0.2, 0.25) is 0 Å². The lowest BCUT2D eigenvalue weighted by atomic mass is 9.78. The van der Waals surface area contributed by atoms with E-state index in [0.717, 1.165) is 25.0 Å². The van der Waals surface area contributed by atoms with Crippen molar-refractivity contribution in [3.63, 3.8) is 0 Å². The summed E-state index contributed by atoms with van der Waals surface area (Å²) in [7, 11) is 1.97. The Morgan fingerprint density at radius 2 is 2.17 bits per heavy atom.